The molecule has 2 unspecified atom stereocenters. The number of ether oxygens (including phenoxy) is 1. The number of imide groups is 1. The fraction of sp³-hybridized carbons (Fsp3) is 0.185. The minimum absolute atomic E-state index is 0.380. The molecule has 2 atom stereocenters. The molecular formula is C27H26N6O3. The highest BCUT2D eigenvalue weighted by molar-refractivity contribution is 6.03. The number of carbonyl (C=O) groups is 2. The molecule has 0 radical (unpaired) electrons. The van der Waals surface area contributed by atoms with Crippen LogP contribution in [-0.4, -0.2) is 53.2 Å². The smallest absolute Gasteiger partial charge is 0.325 e. The van der Waals surface area contributed by atoms with Gasteiger partial charge in [-0.15, -0.1) is 0 Å². The van der Waals surface area contributed by atoms with E-state index in [0.29, 0.717) is 19.1 Å². The summed E-state index contributed by atoms with van der Waals surface area (Å²) >= 11 is 0. The third-order valence-electron chi connectivity index (χ3n) is 6.06. The van der Waals surface area contributed by atoms with Crippen LogP contribution < -0.4 is 15.5 Å². The Kier molecular flexibility index (Phi) is 6.61. The number of aliphatic imine (C=N–C) groups is 1. The highest BCUT2D eigenvalue weighted by atomic mass is 16.5. The van der Waals surface area contributed by atoms with E-state index in [1.807, 2.05) is 89.8 Å². The summed E-state index contributed by atoms with van der Waals surface area (Å²) in [6.07, 6.45) is 1.04. The lowest BCUT2D eigenvalue weighted by molar-refractivity contribution is -0.127. The van der Waals surface area contributed by atoms with Crippen molar-refractivity contribution in [2.24, 2.45) is 10.1 Å². The van der Waals surface area contributed by atoms with Crippen LogP contribution >= 0.6 is 0 Å². The molecule has 0 aromatic heterocycles. The number of hydrogen-bond acceptors (Lipinski definition) is 7. The van der Waals surface area contributed by atoms with Crippen molar-refractivity contribution in [1.29, 1.82) is 0 Å². The van der Waals surface area contributed by atoms with Gasteiger partial charge >= 0.3 is 6.03 Å². The molecule has 2 heterocycles. The molecular weight excluding hydrogens is 456 g/mol. The third-order valence-corrected chi connectivity index (χ3v) is 6.06. The lowest BCUT2D eigenvalue weighted by atomic mass is 10.1. The Morgan fingerprint density at radius 2 is 1.64 bits per heavy atom. The molecule has 1 saturated heterocycles. The molecule has 36 heavy (non-hydrogen) atoms. The van der Waals surface area contributed by atoms with Crippen molar-refractivity contribution < 1.29 is 14.3 Å². The van der Waals surface area contributed by atoms with Crippen molar-refractivity contribution in [2.75, 3.05) is 7.05 Å². The van der Waals surface area contributed by atoms with Crippen molar-refractivity contribution in [3.8, 4) is 5.75 Å². The van der Waals surface area contributed by atoms with Gasteiger partial charge < -0.3 is 14.5 Å². The van der Waals surface area contributed by atoms with Crippen LogP contribution in [-0.2, 0) is 17.9 Å². The van der Waals surface area contributed by atoms with E-state index < -0.39 is 18.2 Å². The number of rotatable bonds is 7. The zero-order chi connectivity index (χ0) is 24.9. The standard InChI is InChI=1S/C27H26N6O3/c1-32-24-23(25(34)30-27(32)35)33(17-20-8-4-2-5-9-20)26(29-24)31-28-16-19-12-14-22(15-13-19)36-18-21-10-6-3-7-11-21/h2-16,23-24H,17-18H2,1H3,(H,29,31)(H,30,34,35)/b28-16+. The summed E-state index contributed by atoms with van der Waals surface area (Å²) in [6, 6.07) is 26.2. The van der Waals surface area contributed by atoms with Crippen LogP contribution in [0.15, 0.2) is 95.0 Å². The number of carbonyl (C=O) groups excluding carboxylic acids is 2. The first-order valence-corrected chi connectivity index (χ1v) is 11.6. The minimum atomic E-state index is -0.647. The fourth-order valence-corrected chi connectivity index (χ4v) is 4.13. The summed E-state index contributed by atoms with van der Waals surface area (Å²) in [4.78, 5) is 32.7. The number of hydrazone groups is 1. The topological polar surface area (TPSA) is 98.6 Å². The van der Waals surface area contributed by atoms with Crippen molar-refractivity contribution in [3.05, 3.63) is 102 Å². The molecule has 5 rings (SSSR count). The molecule has 1 fully saturated rings. The monoisotopic (exact) mass is 482 g/mol. The maximum atomic E-state index is 12.7. The van der Waals surface area contributed by atoms with Gasteiger partial charge in [0.25, 0.3) is 5.91 Å². The molecule has 0 bridgehead atoms. The van der Waals surface area contributed by atoms with Gasteiger partial charge in [-0.25, -0.2) is 15.2 Å². The van der Waals surface area contributed by atoms with E-state index in [-0.39, 0.29) is 5.91 Å². The average Bonchev–Trinajstić information content (AvgIpc) is 3.26. The molecule has 9 nitrogen and oxygen atoms in total. The number of hydrogen-bond donors (Lipinski definition) is 2. The number of likely N-dealkylation sites (N-methyl/N-ethyl adjacent to an activating group) is 1. The van der Waals surface area contributed by atoms with Gasteiger partial charge in [-0.2, -0.15) is 5.10 Å². The predicted molar refractivity (Wildman–Crippen MR) is 136 cm³/mol. The second-order valence-corrected chi connectivity index (χ2v) is 8.54. The third kappa shape index (κ3) is 5.05. The highest BCUT2D eigenvalue weighted by Gasteiger charge is 2.48. The lowest BCUT2D eigenvalue weighted by Gasteiger charge is -2.36. The van der Waals surface area contributed by atoms with Crippen LogP contribution in [0.4, 0.5) is 4.79 Å². The number of benzene rings is 3. The first-order chi connectivity index (χ1) is 17.6. The van der Waals surface area contributed by atoms with Gasteiger partial charge in [0.1, 0.15) is 12.4 Å². The second-order valence-electron chi connectivity index (χ2n) is 8.54. The first kappa shape index (κ1) is 23.1. The summed E-state index contributed by atoms with van der Waals surface area (Å²) < 4.78 is 5.83. The zero-order valence-electron chi connectivity index (χ0n) is 19.7. The predicted octanol–water partition coefficient (Wildman–Crippen LogP) is 2.94. The Labute approximate surface area is 209 Å². The molecule has 3 aromatic carbocycles. The molecule has 2 N–H and O–H groups in total. The molecule has 0 spiro atoms. The first-order valence-electron chi connectivity index (χ1n) is 11.6. The maximum Gasteiger partial charge on any atom is 0.325 e. The largest absolute Gasteiger partial charge is 0.489 e. The number of nitrogens with zero attached hydrogens (tertiary/aromatic N) is 4. The summed E-state index contributed by atoms with van der Waals surface area (Å²) in [6.45, 7) is 0.937. The molecule has 3 amide bonds. The lowest BCUT2D eigenvalue weighted by Crippen LogP contribution is -2.63. The minimum Gasteiger partial charge on any atom is -0.489 e. The normalized spacial score (nSPS) is 19.2. The Morgan fingerprint density at radius 3 is 2.33 bits per heavy atom. The molecule has 2 aliphatic rings. The van der Waals surface area contributed by atoms with Crippen LogP contribution in [0, 0.1) is 0 Å². The van der Waals surface area contributed by atoms with Crippen LogP contribution in [0.5, 0.6) is 5.75 Å². The average molecular weight is 483 g/mol. The van der Waals surface area contributed by atoms with E-state index in [2.05, 4.69) is 20.8 Å². The van der Waals surface area contributed by atoms with Crippen LogP contribution in [0.25, 0.3) is 0 Å². The summed E-state index contributed by atoms with van der Waals surface area (Å²) in [5.41, 5.74) is 5.95. The highest BCUT2D eigenvalue weighted by Crippen LogP contribution is 2.25. The molecule has 0 saturated carbocycles. The van der Waals surface area contributed by atoms with Crippen molar-refractivity contribution in [1.82, 2.24) is 20.5 Å². The van der Waals surface area contributed by atoms with Gasteiger partial charge in [0.2, 0.25) is 5.96 Å². The van der Waals surface area contributed by atoms with Gasteiger partial charge in [0.05, 0.1) is 6.21 Å². The quantitative estimate of drug-likeness (QED) is 0.399. The Hall–Kier alpha value is -4.66. The molecule has 2 aliphatic heterocycles. The Morgan fingerprint density at radius 1 is 0.972 bits per heavy atom. The Balaban J connectivity index is 1.27. The number of amides is 3. The molecule has 3 aromatic rings. The summed E-state index contributed by atoms with van der Waals surface area (Å²) in [7, 11) is 1.62. The number of nitrogens with one attached hydrogen (secondary N) is 2. The van der Waals surface area contributed by atoms with E-state index in [1.54, 1.807) is 13.3 Å². The van der Waals surface area contributed by atoms with Crippen molar-refractivity contribution >= 4 is 24.1 Å². The van der Waals surface area contributed by atoms with E-state index in [0.717, 1.165) is 22.4 Å². The molecule has 182 valence electrons. The van der Waals surface area contributed by atoms with Crippen LogP contribution in [0.2, 0.25) is 0 Å². The number of urea groups is 1. The zero-order valence-corrected chi connectivity index (χ0v) is 19.7. The maximum absolute atomic E-state index is 12.7. The summed E-state index contributed by atoms with van der Waals surface area (Å²) in [5.74, 6) is 0.806. The van der Waals surface area contributed by atoms with Crippen LogP contribution in [0.3, 0.4) is 0 Å². The van der Waals surface area contributed by atoms with Gasteiger partial charge in [-0.3, -0.25) is 10.1 Å². The van der Waals surface area contributed by atoms with E-state index in [1.165, 1.54) is 4.90 Å². The van der Waals surface area contributed by atoms with Gasteiger partial charge in [0.15, 0.2) is 12.2 Å². The van der Waals surface area contributed by atoms with E-state index in [9.17, 15) is 9.59 Å². The fourth-order valence-electron chi connectivity index (χ4n) is 4.13. The molecule has 0 aliphatic carbocycles. The van der Waals surface area contributed by atoms with E-state index in [4.69, 9.17) is 4.74 Å². The number of guanidine groups is 1. The Bertz CT molecular complexity index is 1280. The number of fused-ring (bicyclic) bond motifs is 1. The van der Waals surface area contributed by atoms with E-state index >= 15 is 0 Å². The van der Waals surface area contributed by atoms with Crippen molar-refractivity contribution in [3.63, 3.8) is 0 Å². The molecule has 9 heteroatoms. The SMILES string of the molecule is CN1C(=O)NC(=O)C2C1N=C(N/N=C/c1ccc(OCc3ccccc3)cc1)N2Cc1ccccc1. The second kappa shape index (κ2) is 10.3. The van der Waals surface area contributed by atoms with Gasteiger partial charge in [0, 0.05) is 13.6 Å². The van der Waals surface area contributed by atoms with Crippen LogP contribution in [0.1, 0.15) is 16.7 Å². The van der Waals surface area contributed by atoms with Crippen molar-refractivity contribution in [2.45, 2.75) is 25.4 Å². The van der Waals surface area contributed by atoms with Gasteiger partial charge in [-0.1, -0.05) is 60.7 Å². The van der Waals surface area contributed by atoms with Gasteiger partial charge in [-0.05, 0) is 41.0 Å². The summed E-state index contributed by atoms with van der Waals surface area (Å²) in [5, 5.41) is 6.74.